The molecule has 0 fully saturated rings. The fourth-order valence-electron chi connectivity index (χ4n) is 2.77. The molecule has 2 nitrogen and oxygen atoms in total. The summed E-state index contributed by atoms with van der Waals surface area (Å²) in [6.07, 6.45) is 4.48. The summed E-state index contributed by atoms with van der Waals surface area (Å²) in [5, 5.41) is 0. The summed E-state index contributed by atoms with van der Waals surface area (Å²) in [4.78, 5) is 8.75. The maximum Gasteiger partial charge on any atom is 0.263 e. The minimum Gasteiger partial charge on any atom is -0.264 e. The highest BCUT2D eigenvalue weighted by molar-refractivity contribution is 5.69. The van der Waals surface area contributed by atoms with E-state index in [1.54, 1.807) is 24.5 Å². The molecule has 4 heteroatoms. The summed E-state index contributed by atoms with van der Waals surface area (Å²) < 4.78 is 25.4. The summed E-state index contributed by atoms with van der Waals surface area (Å²) in [5.41, 5.74) is 5.26. The highest BCUT2D eigenvalue weighted by Gasteiger charge is 2.11. The summed E-state index contributed by atoms with van der Waals surface area (Å²) in [6, 6.07) is 12.4. The summed E-state index contributed by atoms with van der Waals surface area (Å²) in [7, 11) is 0. The maximum atomic E-state index is 12.7. The van der Waals surface area contributed by atoms with Crippen molar-refractivity contribution >= 4 is 0 Å². The van der Waals surface area contributed by atoms with Crippen molar-refractivity contribution in [1.29, 1.82) is 0 Å². The summed E-state index contributed by atoms with van der Waals surface area (Å²) in [5.74, 6) is 0. The fourth-order valence-corrected chi connectivity index (χ4v) is 2.77. The molecule has 0 aliphatic heterocycles. The molecule has 3 aromatic rings. The Labute approximate surface area is 140 Å². The third kappa shape index (κ3) is 3.48. The van der Waals surface area contributed by atoms with Crippen LogP contribution in [0.15, 0.2) is 61.1 Å². The van der Waals surface area contributed by atoms with Crippen LogP contribution in [-0.2, 0) is 12.8 Å². The van der Waals surface area contributed by atoms with E-state index < -0.39 is 6.43 Å². The first kappa shape index (κ1) is 16.2. The molecule has 0 amide bonds. The zero-order chi connectivity index (χ0) is 16.9. The molecule has 122 valence electrons. The zero-order valence-electron chi connectivity index (χ0n) is 13.4. The van der Waals surface area contributed by atoms with Crippen LogP contribution in [0.5, 0.6) is 0 Å². The molecule has 0 atom stereocenters. The Morgan fingerprint density at radius 3 is 2.46 bits per heavy atom. The molecular weight excluding hydrogens is 306 g/mol. The number of hydrogen-bond acceptors (Lipinski definition) is 2. The van der Waals surface area contributed by atoms with Gasteiger partial charge in [-0.2, -0.15) is 0 Å². The molecule has 0 N–H and O–H groups in total. The largest absolute Gasteiger partial charge is 0.264 e. The average molecular weight is 324 g/mol. The second-order valence-corrected chi connectivity index (χ2v) is 5.60. The molecule has 0 aliphatic rings. The van der Waals surface area contributed by atoms with Crippen LogP contribution in [0, 0.1) is 0 Å². The predicted octanol–water partition coefficient (Wildman–Crippen LogP) is 5.23. The lowest BCUT2D eigenvalue weighted by Gasteiger charge is -2.12. The molecule has 0 spiro atoms. The number of halogens is 2. The van der Waals surface area contributed by atoms with Gasteiger partial charge < -0.3 is 0 Å². The van der Waals surface area contributed by atoms with E-state index in [-0.39, 0.29) is 5.56 Å². The Balaban J connectivity index is 1.95. The lowest BCUT2D eigenvalue weighted by Crippen LogP contribution is -1.98. The average Bonchev–Trinajstić information content (AvgIpc) is 2.62. The van der Waals surface area contributed by atoms with E-state index in [0.29, 0.717) is 6.42 Å². The number of pyridine rings is 2. The number of alkyl halides is 2. The van der Waals surface area contributed by atoms with Crippen LogP contribution in [0.3, 0.4) is 0 Å². The monoisotopic (exact) mass is 324 g/mol. The van der Waals surface area contributed by atoms with E-state index >= 15 is 0 Å². The molecule has 0 aliphatic carbocycles. The Kier molecular flexibility index (Phi) is 4.94. The molecule has 0 unspecified atom stereocenters. The van der Waals surface area contributed by atoms with Crippen molar-refractivity contribution in [2.45, 2.75) is 26.2 Å². The van der Waals surface area contributed by atoms with Gasteiger partial charge in [-0.15, -0.1) is 0 Å². The molecule has 0 saturated carbocycles. The Morgan fingerprint density at radius 2 is 1.75 bits per heavy atom. The van der Waals surface area contributed by atoms with Gasteiger partial charge in [0.15, 0.2) is 0 Å². The van der Waals surface area contributed by atoms with Gasteiger partial charge in [-0.25, -0.2) is 8.78 Å². The van der Waals surface area contributed by atoms with Crippen molar-refractivity contribution in [3.05, 3.63) is 83.4 Å². The van der Waals surface area contributed by atoms with Crippen LogP contribution >= 0.6 is 0 Å². The molecule has 1 aromatic carbocycles. The molecule has 0 radical (unpaired) electrons. The molecule has 3 rings (SSSR count). The summed E-state index contributed by atoms with van der Waals surface area (Å²) in [6.45, 7) is 2.11. The van der Waals surface area contributed by atoms with Gasteiger partial charge in [0.05, 0.1) is 5.69 Å². The van der Waals surface area contributed by atoms with Crippen molar-refractivity contribution in [3.8, 4) is 11.1 Å². The van der Waals surface area contributed by atoms with Gasteiger partial charge in [0, 0.05) is 41.7 Å². The number of nitrogens with zero attached hydrogens (tertiary/aromatic N) is 2. The highest BCUT2D eigenvalue weighted by Crippen LogP contribution is 2.27. The van der Waals surface area contributed by atoms with Crippen LogP contribution < -0.4 is 0 Å². The van der Waals surface area contributed by atoms with Gasteiger partial charge in [0.2, 0.25) is 0 Å². The van der Waals surface area contributed by atoms with Crippen molar-refractivity contribution in [3.63, 3.8) is 0 Å². The molecule has 0 bridgehead atoms. The Bertz CT molecular complexity index is 814. The SMILES string of the molecule is CCc1ccncc1-c1cccnc1Cc1ccc(C(F)F)cc1. The minimum absolute atomic E-state index is 0.0422. The molecular formula is C20H18F2N2. The highest BCUT2D eigenvalue weighted by atomic mass is 19.3. The molecule has 2 aromatic heterocycles. The first-order chi connectivity index (χ1) is 11.7. The first-order valence-corrected chi connectivity index (χ1v) is 7.93. The van der Waals surface area contributed by atoms with Crippen LogP contribution in [0.2, 0.25) is 0 Å². The predicted molar refractivity (Wildman–Crippen MR) is 91.1 cm³/mol. The van der Waals surface area contributed by atoms with Crippen molar-refractivity contribution in [1.82, 2.24) is 9.97 Å². The standard InChI is InChI=1S/C20H18F2N2/c1-2-15-9-11-23-13-18(15)17-4-3-10-24-19(17)12-14-5-7-16(8-6-14)20(21)22/h3-11,13,20H,2,12H2,1H3. The maximum absolute atomic E-state index is 12.7. The second kappa shape index (κ2) is 7.30. The first-order valence-electron chi connectivity index (χ1n) is 7.93. The Morgan fingerprint density at radius 1 is 0.958 bits per heavy atom. The van der Waals surface area contributed by atoms with Crippen molar-refractivity contribution < 1.29 is 8.78 Å². The van der Waals surface area contributed by atoms with E-state index in [1.807, 2.05) is 24.4 Å². The fraction of sp³-hybridized carbons (Fsp3) is 0.200. The van der Waals surface area contributed by atoms with Gasteiger partial charge in [0.1, 0.15) is 0 Å². The number of benzene rings is 1. The third-order valence-corrected chi connectivity index (χ3v) is 4.08. The number of hydrogen-bond donors (Lipinski definition) is 0. The van der Waals surface area contributed by atoms with E-state index in [1.165, 1.54) is 17.7 Å². The van der Waals surface area contributed by atoms with E-state index in [0.717, 1.165) is 28.8 Å². The van der Waals surface area contributed by atoms with Gasteiger partial charge in [0.25, 0.3) is 6.43 Å². The van der Waals surface area contributed by atoms with Crippen LogP contribution in [0.25, 0.3) is 11.1 Å². The van der Waals surface area contributed by atoms with Gasteiger partial charge in [-0.3, -0.25) is 9.97 Å². The topological polar surface area (TPSA) is 25.8 Å². The smallest absolute Gasteiger partial charge is 0.263 e. The van der Waals surface area contributed by atoms with Crippen LogP contribution in [0.4, 0.5) is 8.78 Å². The minimum atomic E-state index is -2.44. The third-order valence-electron chi connectivity index (χ3n) is 4.08. The molecule has 0 saturated heterocycles. The quantitative estimate of drug-likeness (QED) is 0.642. The van der Waals surface area contributed by atoms with Crippen LogP contribution in [-0.4, -0.2) is 9.97 Å². The van der Waals surface area contributed by atoms with E-state index in [2.05, 4.69) is 16.9 Å². The second-order valence-electron chi connectivity index (χ2n) is 5.60. The summed E-state index contributed by atoms with van der Waals surface area (Å²) >= 11 is 0. The van der Waals surface area contributed by atoms with Crippen molar-refractivity contribution in [2.24, 2.45) is 0 Å². The van der Waals surface area contributed by atoms with Gasteiger partial charge in [-0.05, 0) is 29.7 Å². The molecule has 24 heavy (non-hydrogen) atoms. The van der Waals surface area contributed by atoms with Crippen LogP contribution in [0.1, 0.15) is 35.7 Å². The van der Waals surface area contributed by atoms with E-state index in [4.69, 9.17) is 0 Å². The van der Waals surface area contributed by atoms with Gasteiger partial charge in [-0.1, -0.05) is 37.3 Å². The van der Waals surface area contributed by atoms with E-state index in [9.17, 15) is 8.78 Å². The Hall–Kier alpha value is -2.62. The lowest BCUT2D eigenvalue weighted by molar-refractivity contribution is 0.151. The zero-order valence-corrected chi connectivity index (χ0v) is 13.4. The lowest BCUT2D eigenvalue weighted by atomic mass is 9.96. The molecule has 2 heterocycles. The number of aromatic nitrogens is 2. The number of rotatable bonds is 5. The number of aryl methyl sites for hydroxylation is 1. The van der Waals surface area contributed by atoms with Gasteiger partial charge >= 0.3 is 0 Å². The normalized spacial score (nSPS) is 11.0. The van der Waals surface area contributed by atoms with Crippen molar-refractivity contribution in [2.75, 3.05) is 0 Å².